The van der Waals surface area contributed by atoms with Gasteiger partial charge in [-0.2, -0.15) is 0 Å². The average Bonchev–Trinajstić information content (AvgIpc) is 0.840. The van der Waals surface area contributed by atoms with Gasteiger partial charge in [0, 0.05) is 247 Å². The summed E-state index contributed by atoms with van der Waals surface area (Å²) < 4.78 is 10.4. The highest BCUT2D eigenvalue weighted by molar-refractivity contribution is 5.98. The van der Waals surface area contributed by atoms with Gasteiger partial charge in [0.25, 0.3) is 68.1 Å². The average molecular weight is 1600 g/mol. The van der Waals surface area contributed by atoms with Crippen LogP contribution >= 0.6 is 0 Å². The van der Waals surface area contributed by atoms with E-state index in [0.29, 0.717) is 111 Å². The lowest BCUT2D eigenvalue weighted by atomic mass is 10.1. The van der Waals surface area contributed by atoms with Crippen LogP contribution in [0.25, 0.3) is 0 Å². The summed E-state index contributed by atoms with van der Waals surface area (Å²) in [5.74, 6) is -7.08. The summed E-state index contributed by atoms with van der Waals surface area (Å²) in [6, 6.07) is 16.7. The molecule has 9 heterocycles. The number of aromatic hydroxyl groups is 8. The van der Waals surface area contributed by atoms with Crippen molar-refractivity contribution in [3.8, 4) is 46.0 Å². The Morgan fingerprint density at radius 3 is 0.817 bits per heavy atom. The van der Waals surface area contributed by atoms with Crippen LogP contribution in [0.15, 0.2) is 161 Å². The van der Waals surface area contributed by atoms with Gasteiger partial charge >= 0.3 is 0 Å². The van der Waals surface area contributed by atoms with Gasteiger partial charge in [-0.3, -0.25) is 86.9 Å². The van der Waals surface area contributed by atoms with Crippen molar-refractivity contribution in [1.29, 1.82) is 0 Å². The highest BCUT2D eigenvalue weighted by atomic mass is 16.3. The number of pyridine rings is 8. The minimum atomic E-state index is -0.771. The van der Waals surface area contributed by atoms with Gasteiger partial charge in [-0.15, -0.1) is 0 Å². The SMILES string of the molecule is Cn1ccc(C(=O)NCCN(CCNC(=O)c2ccn(C)c(=O)c2O)CC(CCN)N(CCNC(=O)c2ccn(C)c(=O)c2O)CCNC(=O)c2ccn(C)c(=O)c2O)c(O)c1=O.O=c1c(O)cccn1CCN1CCN(CCn2cccc(O)c2=O)CCN(CCn2cccc(O)c2=O)CCN(CCn2cccc(O)c2=O)CC1. The number of nitrogens with one attached hydrogen (secondary N) is 4. The van der Waals surface area contributed by atoms with E-state index in [9.17, 15) is 98.4 Å². The van der Waals surface area contributed by atoms with E-state index in [1.54, 1.807) is 49.1 Å². The van der Waals surface area contributed by atoms with Crippen molar-refractivity contribution < 1.29 is 60.0 Å². The Labute approximate surface area is 658 Å². The first-order chi connectivity index (χ1) is 55.0. The van der Waals surface area contributed by atoms with Crippen LogP contribution in [0.4, 0.5) is 0 Å². The molecule has 14 N–H and O–H groups in total. The number of amides is 4. The van der Waals surface area contributed by atoms with Crippen molar-refractivity contribution in [3.05, 3.63) is 227 Å². The zero-order valence-electron chi connectivity index (χ0n) is 64.5. The van der Waals surface area contributed by atoms with Crippen molar-refractivity contribution in [1.82, 2.24) is 87.2 Å². The molecule has 1 atom stereocenters. The molecule has 0 radical (unpaired) electrons. The molecule has 620 valence electrons. The number of hydrogen-bond acceptors (Lipinski definition) is 27. The van der Waals surface area contributed by atoms with Gasteiger partial charge in [-0.25, -0.2) is 0 Å². The molecular weight excluding hydrogens is 1500 g/mol. The predicted octanol–water partition coefficient (Wildman–Crippen LogP) is -3.88. The minimum Gasteiger partial charge on any atom is -0.503 e. The van der Waals surface area contributed by atoms with Crippen LogP contribution < -0.4 is 71.5 Å². The lowest BCUT2D eigenvalue weighted by Gasteiger charge is -2.36. The predicted molar refractivity (Wildman–Crippen MR) is 423 cm³/mol. The molecule has 0 saturated carbocycles. The van der Waals surface area contributed by atoms with Crippen molar-refractivity contribution >= 4 is 23.6 Å². The Hall–Kier alpha value is -12.4. The highest BCUT2D eigenvalue weighted by Gasteiger charge is 2.26. The second-order valence-electron chi connectivity index (χ2n) is 27.5. The smallest absolute Gasteiger partial charge is 0.293 e. The number of carbonyl (C=O) groups is 4. The van der Waals surface area contributed by atoms with E-state index < -0.39 is 97.1 Å². The fourth-order valence-electron chi connectivity index (χ4n) is 12.8. The van der Waals surface area contributed by atoms with Crippen molar-refractivity contribution in [2.24, 2.45) is 33.9 Å². The lowest BCUT2D eigenvalue weighted by molar-refractivity contribution is 0.0889. The molecule has 4 amide bonds. The van der Waals surface area contributed by atoms with Crippen molar-refractivity contribution in [2.45, 2.75) is 38.6 Å². The summed E-state index contributed by atoms with van der Waals surface area (Å²) in [6.45, 7) is 9.54. The summed E-state index contributed by atoms with van der Waals surface area (Å²) in [5.41, 5.74) is 0.223. The molecule has 8 aromatic rings. The van der Waals surface area contributed by atoms with Crippen LogP contribution in [-0.2, 0) is 54.4 Å². The number of rotatable bonds is 33. The quantitative estimate of drug-likeness (QED) is 0.0187. The third kappa shape index (κ3) is 24.6. The second-order valence-corrected chi connectivity index (χ2v) is 27.5. The fourth-order valence-corrected chi connectivity index (χ4v) is 12.8. The van der Waals surface area contributed by atoms with Crippen molar-refractivity contribution in [2.75, 3.05) is 144 Å². The highest BCUT2D eigenvalue weighted by Crippen LogP contribution is 2.16. The normalized spacial score (nSPS) is 13.6. The van der Waals surface area contributed by atoms with E-state index in [1.165, 1.54) is 120 Å². The number of carbonyl (C=O) groups excluding carboxylic acids is 4. The molecule has 1 aliphatic heterocycles. The maximum atomic E-state index is 13.1. The number of nitrogens with two attached hydrogens (primary N) is 1. The molecule has 0 aliphatic carbocycles. The molecule has 39 nitrogen and oxygen atoms in total. The van der Waals surface area contributed by atoms with E-state index in [-0.39, 0.29) is 111 Å². The Morgan fingerprint density at radius 1 is 0.348 bits per heavy atom. The molecule has 0 bridgehead atoms. The molecule has 115 heavy (non-hydrogen) atoms. The summed E-state index contributed by atoms with van der Waals surface area (Å²) in [5, 5.41) is 91.9. The van der Waals surface area contributed by atoms with Gasteiger partial charge in [0.2, 0.25) is 0 Å². The van der Waals surface area contributed by atoms with Crippen LogP contribution in [0.2, 0.25) is 0 Å². The first-order valence-corrected chi connectivity index (χ1v) is 37.2. The number of aromatic nitrogens is 8. The van der Waals surface area contributed by atoms with E-state index in [1.807, 2.05) is 9.80 Å². The largest absolute Gasteiger partial charge is 0.503 e. The summed E-state index contributed by atoms with van der Waals surface area (Å²) >= 11 is 0. The van der Waals surface area contributed by atoms with Gasteiger partial charge in [0.1, 0.15) is 0 Å². The summed E-state index contributed by atoms with van der Waals surface area (Å²) in [4.78, 5) is 164. The third-order valence-corrected chi connectivity index (χ3v) is 19.8. The Morgan fingerprint density at radius 2 is 0.583 bits per heavy atom. The van der Waals surface area contributed by atoms with Gasteiger partial charge in [-0.1, -0.05) is 0 Å². The molecule has 0 aromatic carbocycles. The van der Waals surface area contributed by atoms with Crippen LogP contribution in [0.3, 0.4) is 0 Å². The summed E-state index contributed by atoms with van der Waals surface area (Å²) in [7, 11) is 5.66. The number of hydrogen-bond donors (Lipinski definition) is 13. The van der Waals surface area contributed by atoms with Gasteiger partial charge in [0.05, 0.1) is 22.3 Å². The third-order valence-electron chi connectivity index (χ3n) is 19.8. The maximum absolute atomic E-state index is 13.1. The van der Waals surface area contributed by atoms with Crippen LogP contribution in [0, 0.1) is 0 Å². The maximum Gasteiger partial charge on any atom is 0.293 e. The standard InChI is InChI=1S/C40H53N11O12.C36H48N8O8/c1-46-15-6-25(29(52)37(46)60)33(56)42-11-19-50(20-12-43-34(57)26-7-16-47(2)38(61)30(26)53)23-24(5-10-41)51(21-13-44-35(58)27-8-17-48(3)39(62)31(27)54)22-14-45-36(59)28-9-18-49(4)40(63)32(28)55;45-29-5-1-9-41(33(29)49)25-21-37-13-15-38(22-26-42-10-2-6-30(46)34(42)50)17-19-40(24-28-44-12-4-8-32(48)36(44)52)20-18-39(16-14-37)23-27-43-11-3-7-31(47)35(43)51/h6-9,15-18,24,52-55H,5,10-14,19-23,41H2,1-4H3,(H,42,56)(H,43,57)(H,44,58)(H,45,59);1-12,45-48H,13-28H2. The van der Waals surface area contributed by atoms with Gasteiger partial charge in [-0.05, 0) is 85.8 Å². The van der Waals surface area contributed by atoms with Gasteiger partial charge in [0.15, 0.2) is 46.0 Å². The van der Waals surface area contributed by atoms with Crippen LogP contribution in [0.5, 0.6) is 46.0 Å². The lowest BCUT2D eigenvalue weighted by Crippen LogP contribution is -2.51. The summed E-state index contributed by atoms with van der Waals surface area (Å²) in [6.07, 6.45) is 12.3. The monoisotopic (exact) mass is 1600 g/mol. The Balaban J connectivity index is 0.000000293. The van der Waals surface area contributed by atoms with E-state index in [0.717, 1.165) is 18.3 Å². The Kier molecular flexibility index (Phi) is 32.6. The van der Waals surface area contributed by atoms with Crippen LogP contribution in [-0.4, -0.2) is 280 Å². The molecule has 0 spiro atoms. The fraction of sp³-hybridized carbons (Fsp3) is 0.421. The van der Waals surface area contributed by atoms with E-state index >= 15 is 0 Å². The minimum absolute atomic E-state index is 0.0154. The molecule has 9 rings (SSSR count). The molecule has 39 heteroatoms. The zero-order chi connectivity index (χ0) is 83.6. The van der Waals surface area contributed by atoms with Crippen LogP contribution in [0.1, 0.15) is 47.9 Å². The van der Waals surface area contributed by atoms with E-state index in [2.05, 4.69) is 40.9 Å². The van der Waals surface area contributed by atoms with Crippen molar-refractivity contribution in [3.63, 3.8) is 0 Å². The molecular formula is C76H101N19O20. The molecule has 1 unspecified atom stereocenters. The second kappa shape index (κ2) is 42.5. The number of aryl methyl sites for hydroxylation is 4. The molecule has 1 aliphatic rings. The van der Waals surface area contributed by atoms with Gasteiger partial charge < -0.3 is 104 Å². The molecule has 1 saturated heterocycles. The first-order valence-electron chi connectivity index (χ1n) is 37.2. The topological polar surface area (TPSA) is 500 Å². The Bertz CT molecular complexity index is 4740. The first kappa shape index (κ1) is 88.2. The number of nitrogens with zero attached hydrogens (tertiary/aromatic N) is 14. The molecule has 8 aromatic heterocycles. The van der Waals surface area contributed by atoms with E-state index in [4.69, 9.17) is 5.73 Å². The zero-order valence-corrected chi connectivity index (χ0v) is 64.5. The molecule has 1 fully saturated rings.